The Kier molecular flexibility index (Phi) is 5.16. The molecule has 1 saturated heterocycles. The summed E-state index contributed by atoms with van der Waals surface area (Å²) in [5.74, 6) is -0.0289. The maximum atomic E-state index is 12.8. The SMILES string of the molecule is Cc1cccc(S(=O)(=O)N2CCN(C(=O)c3cc(C)ccc3C)CC2)c1. The van der Waals surface area contributed by atoms with Gasteiger partial charge in [0, 0.05) is 31.7 Å². The van der Waals surface area contributed by atoms with Gasteiger partial charge >= 0.3 is 0 Å². The van der Waals surface area contributed by atoms with E-state index in [0.29, 0.717) is 36.6 Å². The van der Waals surface area contributed by atoms with Crippen molar-refractivity contribution in [3.63, 3.8) is 0 Å². The number of carbonyl (C=O) groups is 1. The van der Waals surface area contributed by atoms with E-state index in [1.54, 1.807) is 23.1 Å². The maximum Gasteiger partial charge on any atom is 0.254 e. The van der Waals surface area contributed by atoms with Crippen molar-refractivity contribution in [1.82, 2.24) is 9.21 Å². The molecule has 0 bridgehead atoms. The molecular weight excluding hydrogens is 348 g/mol. The summed E-state index contributed by atoms with van der Waals surface area (Å²) in [7, 11) is -3.52. The van der Waals surface area contributed by atoms with Gasteiger partial charge in [0.25, 0.3) is 5.91 Å². The Bertz CT molecular complexity index is 930. The summed E-state index contributed by atoms with van der Waals surface area (Å²) >= 11 is 0. The Balaban J connectivity index is 1.73. The molecule has 2 aromatic rings. The lowest BCUT2D eigenvalue weighted by Gasteiger charge is -2.34. The summed E-state index contributed by atoms with van der Waals surface area (Å²) in [6.07, 6.45) is 0. The quantitative estimate of drug-likeness (QED) is 0.832. The molecule has 1 aliphatic rings. The number of hydrogen-bond acceptors (Lipinski definition) is 3. The number of piperazine rings is 1. The van der Waals surface area contributed by atoms with Gasteiger partial charge in [-0.3, -0.25) is 4.79 Å². The molecule has 0 aromatic heterocycles. The molecule has 5 nitrogen and oxygen atoms in total. The van der Waals surface area contributed by atoms with Gasteiger partial charge in [-0.25, -0.2) is 8.42 Å². The van der Waals surface area contributed by atoms with Crippen LogP contribution in [0.1, 0.15) is 27.0 Å². The van der Waals surface area contributed by atoms with Gasteiger partial charge in [-0.2, -0.15) is 4.31 Å². The fourth-order valence-corrected chi connectivity index (χ4v) is 4.72. The Morgan fingerprint density at radius 1 is 0.885 bits per heavy atom. The van der Waals surface area contributed by atoms with E-state index in [9.17, 15) is 13.2 Å². The Hall–Kier alpha value is -2.18. The number of sulfonamides is 1. The van der Waals surface area contributed by atoms with Crippen molar-refractivity contribution >= 4 is 15.9 Å². The monoisotopic (exact) mass is 372 g/mol. The van der Waals surface area contributed by atoms with Crippen molar-refractivity contribution in [3.05, 3.63) is 64.7 Å². The third-order valence-corrected chi connectivity index (χ3v) is 6.67. The first-order valence-corrected chi connectivity index (χ1v) is 10.2. The molecule has 1 amide bonds. The molecule has 0 radical (unpaired) electrons. The predicted octanol–water partition coefficient (Wildman–Crippen LogP) is 2.76. The summed E-state index contributed by atoms with van der Waals surface area (Å²) in [5, 5.41) is 0. The Labute approximate surface area is 155 Å². The van der Waals surface area contributed by atoms with Gasteiger partial charge in [-0.05, 0) is 50.1 Å². The summed E-state index contributed by atoms with van der Waals surface area (Å²) in [6, 6.07) is 12.8. The van der Waals surface area contributed by atoms with E-state index in [-0.39, 0.29) is 5.91 Å². The van der Waals surface area contributed by atoms with Crippen LogP contribution in [-0.2, 0) is 10.0 Å². The largest absolute Gasteiger partial charge is 0.336 e. The fraction of sp³-hybridized carbons (Fsp3) is 0.350. The molecular formula is C20H24N2O3S. The highest BCUT2D eigenvalue weighted by atomic mass is 32.2. The summed E-state index contributed by atoms with van der Waals surface area (Å²) in [6.45, 7) is 7.18. The molecule has 0 N–H and O–H groups in total. The topological polar surface area (TPSA) is 57.7 Å². The van der Waals surface area contributed by atoms with Crippen molar-refractivity contribution in [2.45, 2.75) is 25.7 Å². The van der Waals surface area contributed by atoms with Crippen LogP contribution in [0.4, 0.5) is 0 Å². The smallest absolute Gasteiger partial charge is 0.254 e. The zero-order chi connectivity index (χ0) is 18.9. The van der Waals surface area contributed by atoms with E-state index >= 15 is 0 Å². The lowest BCUT2D eigenvalue weighted by molar-refractivity contribution is 0.0697. The zero-order valence-electron chi connectivity index (χ0n) is 15.4. The number of amides is 1. The van der Waals surface area contributed by atoms with Crippen LogP contribution in [0.25, 0.3) is 0 Å². The summed E-state index contributed by atoms with van der Waals surface area (Å²) in [5.41, 5.74) is 3.59. The molecule has 26 heavy (non-hydrogen) atoms. The number of benzene rings is 2. The molecule has 1 heterocycles. The molecule has 1 aliphatic heterocycles. The normalized spacial score (nSPS) is 15.9. The molecule has 0 atom stereocenters. The number of carbonyl (C=O) groups excluding carboxylic acids is 1. The van der Waals surface area contributed by atoms with E-state index < -0.39 is 10.0 Å². The van der Waals surface area contributed by atoms with Crippen LogP contribution in [-0.4, -0.2) is 49.7 Å². The first-order chi connectivity index (χ1) is 12.3. The van der Waals surface area contributed by atoms with Gasteiger partial charge in [0.2, 0.25) is 10.0 Å². The zero-order valence-corrected chi connectivity index (χ0v) is 16.2. The van der Waals surface area contributed by atoms with E-state index in [0.717, 1.165) is 16.7 Å². The first-order valence-electron chi connectivity index (χ1n) is 8.72. The predicted molar refractivity (Wildman–Crippen MR) is 102 cm³/mol. The van der Waals surface area contributed by atoms with E-state index in [2.05, 4.69) is 0 Å². The van der Waals surface area contributed by atoms with Crippen LogP contribution in [0.2, 0.25) is 0 Å². The van der Waals surface area contributed by atoms with Crippen molar-refractivity contribution < 1.29 is 13.2 Å². The minimum atomic E-state index is -3.52. The van der Waals surface area contributed by atoms with E-state index in [1.165, 1.54) is 4.31 Å². The van der Waals surface area contributed by atoms with Gasteiger partial charge in [0.1, 0.15) is 0 Å². The fourth-order valence-electron chi connectivity index (χ4n) is 3.19. The van der Waals surface area contributed by atoms with Crippen LogP contribution >= 0.6 is 0 Å². The molecule has 3 rings (SSSR count). The maximum absolute atomic E-state index is 12.8. The Morgan fingerprint density at radius 3 is 2.19 bits per heavy atom. The van der Waals surface area contributed by atoms with Crippen molar-refractivity contribution in [3.8, 4) is 0 Å². The molecule has 0 saturated carbocycles. The van der Waals surface area contributed by atoms with Crippen molar-refractivity contribution in [1.29, 1.82) is 0 Å². The second kappa shape index (κ2) is 7.21. The molecule has 2 aromatic carbocycles. The summed E-state index contributed by atoms with van der Waals surface area (Å²) < 4.78 is 27.1. The second-order valence-corrected chi connectivity index (χ2v) is 8.77. The number of aryl methyl sites for hydroxylation is 3. The third kappa shape index (κ3) is 3.66. The minimum absolute atomic E-state index is 0.0289. The van der Waals surface area contributed by atoms with Gasteiger partial charge in [-0.15, -0.1) is 0 Å². The third-order valence-electron chi connectivity index (χ3n) is 4.78. The lowest BCUT2D eigenvalue weighted by Crippen LogP contribution is -2.50. The second-order valence-electron chi connectivity index (χ2n) is 6.83. The molecule has 0 spiro atoms. The van der Waals surface area contributed by atoms with Crippen LogP contribution < -0.4 is 0 Å². The van der Waals surface area contributed by atoms with E-state index in [4.69, 9.17) is 0 Å². The van der Waals surface area contributed by atoms with Gasteiger partial charge in [0.05, 0.1) is 4.90 Å². The Morgan fingerprint density at radius 2 is 1.54 bits per heavy atom. The molecule has 0 aliphatic carbocycles. The lowest BCUT2D eigenvalue weighted by atomic mass is 10.0. The molecule has 0 unspecified atom stereocenters. The van der Waals surface area contributed by atoms with Gasteiger partial charge in [0.15, 0.2) is 0 Å². The number of rotatable bonds is 3. The highest BCUT2D eigenvalue weighted by Gasteiger charge is 2.30. The highest BCUT2D eigenvalue weighted by Crippen LogP contribution is 2.20. The molecule has 1 fully saturated rings. The minimum Gasteiger partial charge on any atom is -0.336 e. The highest BCUT2D eigenvalue weighted by molar-refractivity contribution is 7.89. The molecule has 6 heteroatoms. The van der Waals surface area contributed by atoms with Crippen LogP contribution in [0.3, 0.4) is 0 Å². The standard InChI is InChI=1S/C20H24N2O3S/c1-15-5-4-6-18(13-15)26(24,25)22-11-9-21(10-12-22)20(23)19-14-16(2)7-8-17(19)3/h4-8,13-14H,9-12H2,1-3H3. The number of nitrogens with zero attached hydrogens (tertiary/aromatic N) is 2. The van der Waals surface area contributed by atoms with Gasteiger partial charge in [-0.1, -0.05) is 29.8 Å². The van der Waals surface area contributed by atoms with Crippen LogP contribution in [0, 0.1) is 20.8 Å². The van der Waals surface area contributed by atoms with Crippen molar-refractivity contribution in [2.24, 2.45) is 0 Å². The van der Waals surface area contributed by atoms with Crippen molar-refractivity contribution in [2.75, 3.05) is 26.2 Å². The number of hydrogen-bond donors (Lipinski definition) is 0. The van der Waals surface area contributed by atoms with Crippen LogP contribution in [0.5, 0.6) is 0 Å². The average Bonchev–Trinajstić information content (AvgIpc) is 2.63. The van der Waals surface area contributed by atoms with E-state index in [1.807, 2.05) is 45.0 Å². The average molecular weight is 372 g/mol. The first kappa shape index (κ1) is 18.6. The van der Waals surface area contributed by atoms with Gasteiger partial charge < -0.3 is 4.90 Å². The summed E-state index contributed by atoms with van der Waals surface area (Å²) in [4.78, 5) is 14.9. The molecule has 138 valence electrons. The van der Waals surface area contributed by atoms with Crippen LogP contribution in [0.15, 0.2) is 47.4 Å².